The molecule has 1 N–H and O–H groups in total. The lowest BCUT2D eigenvalue weighted by Crippen LogP contribution is -2.44. The lowest BCUT2D eigenvalue weighted by atomic mass is 10.1. The van der Waals surface area contributed by atoms with Crippen molar-refractivity contribution in [3.05, 3.63) is 33.6 Å². The third-order valence-corrected chi connectivity index (χ3v) is 8.27. The Hall–Kier alpha value is -0.800. The largest absolute Gasteiger partial charge is 0.297 e. The van der Waals surface area contributed by atoms with E-state index in [9.17, 15) is 8.42 Å². The topological polar surface area (TPSA) is 62.3 Å². The highest BCUT2D eigenvalue weighted by atomic mass is 32.2. The number of piperidine rings is 1. The monoisotopic (exact) mass is 399 g/mol. The zero-order valence-corrected chi connectivity index (χ0v) is 16.9. The molecule has 1 saturated heterocycles. The van der Waals surface area contributed by atoms with Gasteiger partial charge in [-0.2, -0.15) is 0 Å². The van der Waals surface area contributed by atoms with Gasteiger partial charge in [-0.3, -0.25) is 4.90 Å². The minimum atomic E-state index is -3.36. The molecule has 0 saturated carbocycles. The Bertz CT molecular complexity index is 748. The molecule has 0 amide bonds. The Balaban J connectivity index is 1.46. The molecule has 1 fully saturated rings. The van der Waals surface area contributed by atoms with E-state index in [1.807, 2.05) is 0 Å². The number of unbranched alkanes of at least 4 members (excludes halogenated alkanes) is 1. The fraction of sp³-hybridized carbons (Fsp3) is 0.588. The first-order valence-electron chi connectivity index (χ1n) is 8.78. The average molecular weight is 400 g/mol. The number of aryl methyl sites for hydroxylation is 1. The van der Waals surface area contributed by atoms with Gasteiger partial charge < -0.3 is 0 Å². The molecule has 0 radical (unpaired) electrons. The van der Waals surface area contributed by atoms with Gasteiger partial charge in [0, 0.05) is 31.1 Å². The lowest BCUT2D eigenvalue weighted by Gasteiger charge is -2.31. The van der Waals surface area contributed by atoms with Crippen LogP contribution >= 0.6 is 22.7 Å². The molecule has 1 aliphatic heterocycles. The molecular weight excluding hydrogens is 374 g/mol. The summed E-state index contributed by atoms with van der Waals surface area (Å²) in [6.07, 6.45) is 5.16. The highest BCUT2D eigenvalue weighted by molar-refractivity contribution is 7.91. The van der Waals surface area contributed by atoms with Crippen molar-refractivity contribution in [3.8, 4) is 0 Å². The van der Waals surface area contributed by atoms with Crippen LogP contribution in [0.1, 0.15) is 43.3 Å². The SMILES string of the molecule is CCCCc1nc(CN2CCC(NS(=O)(=O)c3cccs3)CC2)cs1. The summed E-state index contributed by atoms with van der Waals surface area (Å²) in [7, 11) is -3.36. The normalized spacial score (nSPS) is 17.2. The maximum Gasteiger partial charge on any atom is 0.250 e. The number of rotatable bonds is 8. The zero-order chi connectivity index (χ0) is 17.7. The second kappa shape index (κ2) is 8.73. The number of likely N-dealkylation sites (tertiary alicyclic amines) is 1. The van der Waals surface area contributed by atoms with Crippen LogP contribution in [0.25, 0.3) is 0 Å². The van der Waals surface area contributed by atoms with Crippen LogP contribution < -0.4 is 4.72 Å². The van der Waals surface area contributed by atoms with Gasteiger partial charge in [0.2, 0.25) is 10.0 Å². The first kappa shape index (κ1) is 19.0. The van der Waals surface area contributed by atoms with Crippen LogP contribution in [-0.4, -0.2) is 37.4 Å². The van der Waals surface area contributed by atoms with Gasteiger partial charge in [0.25, 0.3) is 0 Å². The smallest absolute Gasteiger partial charge is 0.250 e. The highest BCUT2D eigenvalue weighted by Crippen LogP contribution is 2.20. The van der Waals surface area contributed by atoms with Crippen molar-refractivity contribution < 1.29 is 8.42 Å². The third kappa shape index (κ3) is 5.34. The number of nitrogens with one attached hydrogen (secondary N) is 1. The first-order chi connectivity index (χ1) is 12.1. The van der Waals surface area contributed by atoms with E-state index in [1.54, 1.807) is 28.8 Å². The standard InChI is InChI=1S/C17H25N3O2S3/c1-2-3-5-16-18-15(13-24-16)12-20-9-7-14(8-10-20)19-25(21,22)17-6-4-11-23-17/h4,6,11,13-14,19H,2-3,5,7-10,12H2,1H3. The van der Waals surface area contributed by atoms with Crippen LogP contribution in [0.15, 0.2) is 27.1 Å². The molecule has 1 aliphatic rings. The highest BCUT2D eigenvalue weighted by Gasteiger charge is 2.25. The third-order valence-electron chi connectivity index (χ3n) is 4.40. The number of hydrogen-bond donors (Lipinski definition) is 1. The summed E-state index contributed by atoms with van der Waals surface area (Å²) in [5.41, 5.74) is 1.15. The average Bonchev–Trinajstić information content (AvgIpc) is 3.27. The number of sulfonamides is 1. The lowest BCUT2D eigenvalue weighted by molar-refractivity contribution is 0.198. The van der Waals surface area contributed by atoms with Gasteiger partial charge in [0.05, 0.1) is 10.7 Å². The predicted molar refractivity (Wildman–Crippen MR) is 104 cm³/mol. The van der Waals surface area contributed by atoms with Gasteiger partial charge in [-0.25, -0.2) is 18.1 Å². The molecule has 3 rings (SSSR count). The Morgan fingerprint density at radius 2 is 2.12 bits per heavy atom. The van der Waals surface area contributed by atoms with Gasteiger partial charge in [-0.1, -0.05) is 19.4 Å². The maximum atomic E-state index is 12.3. The Morgan fingerprint density at radius 3 is 2.80 bits per heavy atom. The number of aromatic nitrogens is 1. The molecule has 2 aromatic rings. The second-order valence-electron chi connectivity index (χ2n) is 6.44. The van der Waals surface area contributed by atoms with E-state index >= 15 is 0 Å². The van der Waals surface area contributed by atoms with Crippen LogP contribution in [-0.2, 0) is 23.0 Å². The van der Waals surface area contributed by atoms with Gasteiger partial charge in [-0.15, -0.1) is 22.7 Å². The molecule has 0 aliphatic carbocycles. The fourth-order valence-corrected chi connectivity index (χ4v) is 6.14. The fourth-order valence-electron chi connectivity index (χ4n) is 3.00. The van der Waals surface area contributed by atoms with Crippen LogP contribution in [0.3, 0.4) is 0 Å². The van der Waals surface area contributed by atoms with E-state index in [-0.39, 0.29) is 6.04 Å². The van der Waals surface area contributed by atoms with E-state index in [4.69, 9.17) is 4.98 Å². The minimum absolute atomic E-state index is 0.0268. The van der Waals surface area contributed by atoms with Crippen molar-refractivity contribution in [1.82, 2.24) is 14.6 Å². The molecule has 0 aromatic carbocycles. The van der Waals surface area contributed by atoms with Crippen LogP contribution in [0.4, 0.5) is 0 Å². The van der Waals surface area contributed by atoms with Gasteiger partial charge in [-0.05, 0) is 37.1 Å². The summed E-state index contributed by atoms with van der Waals surface area (Å²) >= 11 is 3.02. The maximum absolute atomic E-state index is 12.3. The van der Waals surface area contributed by atoms with Crippen LogP contribution in [0.5, 0.6) is 0 Å². The molecule has 25 heavy (non-hydrogen) atoms. The molecule has 5 nitrogen and oxygen atoms in total. The molecule has 0 bridgehead atoms. The Labute approximate surface area is 158 Å². The summed E-state index contributed by atoms with van der Waals surface area (Å²) in [6.45, 7) is 4.87. The summed E-state index contributed by atoms with van der Waals surface area (Å²) in [6, 6.07) is 3.45. The number of hydrogen-bond acceptors (Lipinski definition) is 6. The molecule has 138 valence electrons. The quantitative estimate of drug-likeness (QED) is 0.738. The van der Waals surface area contributed by atoms with Crippen molar-refractivity contribution in [2.45, 2.75) is 55.8 Å². The summed E-state index contributed by atoms with van der Waals surface area (Å²) < 4.78 is 27.9. The van der Waals surface area contributed by atoms with Crippen molar-refractivity contribution in [2.24, 2.45) is 0 Å². The van der Waals surface area contributed by atoms with Crippen molar-refractivity contribution >= 4 is 32.7 Å². The molecule has 2 aromatic heterocycles. The van der Waals surface area contributed by atoms with Crippen molar-refractivity contribution in [1.29, 1.82) is 0 Å². The number of thiophene rings is 1. The minimum Gasteiger partial charge on any atom is -0.297 e. The molecule has 0 spiro atoms. The molecule has 3 heterocycles. The van der Waals surface area contributed by atoms with E-state index in [0.717, 1.165) is 44.6 Å². The zero-order valence-electron chi connectivity index (χ0n) is 14.5. The second-order valence-corrected chi connectivity index (χ2v) is 10.3. The van der Waals surface area contributed by atoms with Crippen LogP contribution in [0, 0.1) is 0 Å². The number of nitrogens with zero attached hydrogens (tertiary/aromatic N) is 2. The first-order valence-corrected chi connectivity index (χ1v) is 12.0. The van der Waals surface area contributed by atoms with Gasteiger partial charge in [0.1, 0.15) is 4.21 Å². The molecule has 0 atom stereocenters. The van der Waals surface area contributed by atoms with E-state index in [1.165, 1.54) is 29.2 Å². The van der Waals surface area contributed by atoms with Crippen molar-refractivity contribution in [3.63, 3.8) is 0 Å². The number of thiazole rings is 1. The predicted octanol–water partition coefficient (Wildman–Crippen LogP) is 3.49. The Kier molecular flexibility index (Phi) is 6.62. The van der Waals surface area contributed by atoms with Gasteiger partial charge >= 0.3 is 0 Å². The van der Waals surface area contributed by atoms with E-state index < -0.39 is 10.0 Å². The van der Waals surface area contributed by atoms with E-state index in [2.05, 4.69) is 21.9 Å². The summed E-state index contributed by atoms with van der Waals surface area (Å²) in [5.74, 6) is 0. The van der Waals surface area contributed by atoms with E-state index in [0.29, 0.717) is 4.21 Å². The summed E-state index contributed by atoms with van der Waals surface area (Å²) in [4.78, 5) is 7.09. The van der Waals surface area contributed by atoms with Crippen LogP contribution in [0.2, 0.25) is 0 Å². The van der Waals surface area contributed by atoms with Gasteiger partial charge in [0.15, 0.2) is 0 Å². The van der Waals surface area contributed by atoms with Crippen molar-refractivity contribution in [2.75, 3.05) is 13.1 Å². The Morgan fingerprint density at radius 1 is 1.32 bits per heavy atom. The molecular formula is C17H25N3O2S3. The molecule has 8 heteroatoms. The molecule has 0 unspecified atom stereocenters. The summed E-state index contributed by atoms with van der Waals surface area (Å²) in [5, 5.41) is 5.19.